The molecule has 0 saturated carbocycles. The summed E-state index contributed by atoms with van der Waals surface area (Å²) in [6, 6.07) is 20.2. The fraction of sp³-hybridized carbons (Fsp3) is 0.0455. The van der Waals surface area contributed by atoms with Gasteiger partial charge in [-0.1, -0.05) is 42.5 Å². The third-order valence-electron chi connectivity index (χ3n) is 4.38. The molecular weight excluding hydrogens is 389 g/mol. The van der Waals surface area contributed by atoms with Crippen LogP contribution >= 0.6 is 11.5 Å². The van der Waals surface area contributed by atoms with Crippen LogP contribution < -0.4 is 10.6 Å². The summed E-state index contributed by atoms with van der Waals surface area (Å²) in [5.74, 6) is -1.04. The van der Waals surface area contributed by atoms with Gasteiger partial charge in [0.15, 0.2) is 0 Å². The van der Waals surface area contributed by atoms with E-state index in [2.05, 4.69) is 15.0 Å². The molecule has 0 bridgehead atoms. The Morgan fingerprint density at radius 3 is 2.45 bits per heavy atom. The maximum atomic E-state index is 13.0. The molecule has 2 amide bonds. The van der Waals surface area contributed by atoms with Crippen molar-refractivity contribution in [2.24, 2.45) is 0 Å². The molecule has 0 aliphatic carbocycles. The van der Waals surface area contributed by atoms with E-state index in [1.165, 1.54) is 23.7 Å². The highest BCUT2D eigenvalue weighted by Gasteiger charge is 2.17. The van der Waals surface area contributed by atoms with Crippen molar-refractivity contribution in [1.82, 2.24) is 9.69 Å². The Balaban J connectivity index is 1.51. The number of amides is 2. The minimum absolute atomic E-state index is 0.248. The monoisotopic (exact) mass is 405 g/mol. The average Bonchev–Trinajstić information content (AvgIpc) is 3.18. The van der Waals surface area contributed by atoms with E-state index in [1.54, 1.807) is 36.4 Å². The largest absolute Gasteiger partial charge is 0.348 e. The molecule has 0 atom stereocenters. The third-order valence-corrected chi connectivity index (χ3v) is 5.21. The number of hydrogen-bond acceptors (Lipinski definition) is 4. The minimum atomic E-state index is -0.374. The lowest BCUT2D eigenvalue weighted by atomic mass is 10.1. The Morgan fingerprint density at radius 2 is 1.62 bits per heavy atom. The zero-order valence-electron chi connectivity index (χ0n) is 15.2. The Kier molecular flexibility index (Phi) is 5.31. The first-order valence-electron chi connectivity index (χ1n) is 8.89. The lowest BCUT2D eigenvalue weighted by Crippen LogP contribution is -2.25. The van der Waals surface area contributed by atoms with E-state index in [1.807, 2.05) is 24.3 Å². The molecule has 0 spiro atoms. The number of fused-ring (bicyclic) bond motifs is 1. The zero-order valence-corrected chi connectivity index (χ0v) is 16.0. The van der Waals surface area contributed by atoms with Gasteiger partial charge in [0.25, 0.3) is 11.8 Å². The van der Waals surface area contributed by atoms with Crippen molar-refractivity contribution < 1.29 is 14.0 Å². The number of hydrogen-bond donors (Lipinski definition) is 2. The number of nitrogens with zero attached hydrogens (tertiary/aromatic N) is 1. The van der Waals surface area contributed by atoms with E-state index in [-0.39, 0.29) is 24.2 Å². The van der Waals surface area contributed by atoms with Crippen LogP contribution in [-0.2, 0) is 6.54 Å². The van der Waals surface area contributed by atoms with E-state index in [4.69, 9.17) is 0 Å². The fourth-order valence-electron chi connectivity index (χ4n) is 2.90. The maximum absolute atomic E-state index is 13.0. The molecule has 144 valence electrons. The highest BCUT2D eigenvalue weighted by Crippen LogP contribution is 2.24. The van der Waals surface area contributed by atoms with Gasteiger partial charge in [0.2, 0.25) is 0 Å². The van der Waals surface area contributed by atoms with Crippen molar-refractivity contribution in [3.05, 3.63) is 95.4 Å². The van der Waals surface area contributed by atoms with Crippen LogP contribution in [0.1, 0.15) is 26.4 Å². The zero-order chi connectivity index (χ0) is 20.2. The van der Waals surface area contributed by atoms with Crippen LogP contribution in [0, 0.1) is 5.82 Å². The van der Waals surface area contributed by atoms with Gasteiger partial charge in [0, 0.05) is 11.9 Å². The van der Waals surface area contributed by atoms with Crippen molar-refractivity contribution in [2.45, 2.75) is 6.54 Å². The van der Waals surface area contributed by atoms with Crippen molar-refractivity contribution in [1.29, 1.82) is 0 Å². The van der Waals surface area contributed by atoms with E-state index in [9.17, 15) is 14.0 Å². The van der Waals surface area contributed by atoms with Gasteiger partial charge in [-0.05, 0) is 47.4 Å². The molecule has 0 radical (unpaired) electrons. The SMILES string of the molecule is O=C(NCc1ccc(F)cc1)c1ccccc1NC(=O)c1nsc2ccccc12. The summed E-state index contributed by atoms with van der Waals surface area (Å²) in [5.41, 5.74) is 1.83. The summed E-state index contributed by atoms with van der Waals surface area (Å²) in [6.45, 7) is 0.248. The second-order valence-electron chi connectivity index (χ2n) is 6.34. The number of benzene rings is 3. The highest BCUT2D eigenvalue weighted by atomic mass is 32.1. The third kappa shape index (κ3) is 4.14. The lowest BCUT2D eigenvalue weighted by molar-refractivity contribution is 0.0952. The van der Waals surface area contributed by atoms with Gasteiger partial charge in [-0.15, -0.1) is 0 Å². The molecule has 2 N–H and O–H groups in total. The van der Waals surface area contributed by atoms with Gasteiger partial charge in [-0.25, -0.2) is 4.39 Å². The molecule has 3 aromatic carbocycles. The summed E-state index contributed by atoms with van der Waals surface area (Å²) in [6.07, 6.45) is 0. The van der Waals surface area contributed by atoms with Gasteiger partial charge < -0.3 is 10.6 Å². The molecule has 0 unspecified atom stereocenters. The smallest absolute Gasteiger partial charge is 0.276 e. The van der Waals surface area contributed by atoms with Gasteiger partial charge in [0.1, 0.15) is 11.5 Å². The average molecular weight is 405 g/mol. The number of para-hydroxylation sites is 1. The molecule has 0 fully saturated rings. The summed E-state index contributed by atoms with van der Waals surface area (Å²) in [5, 5.41) is 6.34. The van der Waals surface area contributed by atoms with E-state index >= 15 is 0 Å². The first-order chi connectivity index (χ1) is 14.1. The Bertz CT molecular complexity index is 1190. The standard InChI is InChI=1S/C22H16FN3O2S/c23-15-11-9-14(10-12-15)13-24-21(27)16-5-1-3-7-18(16)25-22(28)20-17-6-2-4-8-19(17)29-26-20/h1-12H,13H2,(H,24,27)(H,25,28). The summed E-state index contributed by atoms with van der Waals surface area (Å²) in [7, 11) is 0. The van der Waals surface area contributed by atoms with Crippen LogP contribution in [0.25, 0.3) is 10.1 Å². The number of aromatic nitrogens is 1. The van der Waals surface area contributed by atoms with E-state index in [0.717, 1.165) is 15.6 Å². The number of nitrogens with one attached hydrogen (secondary N) is 2. The van der Waals surface area contributed by atoms with Gasteiger partial charge >= 0.3 is 0 Å². The number of halogens is 1. The molecule has 4 aromatic rings. The molecule has 7 heteroatoms. The first kappa shape index (κ1) is 18.8. The molecule has 4 rings (SSSR count). The van der Waals surface area contributed by atoms with Gasteiger partial charge in [-0.2, -0.15) is 4.37 Å². The predicted molar refractivity (Wildman–Crippen MR) is 112 cm³/mol. The lowest BCUT2D eigenvalue weighted by Gasteiger charge is -2.11. The number of rotatable bonds is 5. The molecule has 1 heterocycles. The van der Waals surface area contributed by atoms with Crippen LogP contribution in [0.3, 0.4) is 0 Å². The fourth-order valence-corrected chi connectivity index (χ4v) is 3.67. The molecule has 0 aliphatic rings. The molecule has 5 nitrogen and oxygen atoms in total. The van der Waals surface area contributed by atoms with Crippen LogP contribution in [-0.4, -0.2) is 16.2 Å². The predicted octanol–water partition coefficient (Wildman–Crippen LogP) is 4.62. The second kappa shape index (κ2) is 8.20. The second-order valence-corrected chi connectivity index (χ2v) is 7.14. The van der Waals surface area contributed by atoms with Crippen LogP contribution in [0.5, 0.6) is 0 Å². The van der Waals surface area contributed by atoms with Gasteiger partial charge in [0.05, 0.1) is 16.0 Å². The topological polar surface area (TPSA) is 71.1 Å². The minimum Gasteiger partial charge on any atom is -0.348 e. The van der Waals surface area contributed by atoms with Crippen LogP contribution in [0.15, 0.2) is 72.8 Å². The number of carbonyl (C=O) groups is 2. The summed E-state index contributed by atoms with van der Waals surface area (Å²) >= 11 is 1.25. The van der Waals surface area contributed by atoms with Crippen molar-refractivity contribution in [2.75, 3.05) is 5.32 Å². The molecule has 1 aromatic heterocycles. The van der Waals surface area contributed by atoms with Crippen LogP contribution in [0.4, 0.5) is 10.1 Å². The first-order valence-corrected chi connectivity index (χ1v) is 9.66. The summed E-state index contributed by atoms with van der Waals surface area (Å²) in [4.78, 5) is 25.4. The molecular formula is C22H16FN3O2S. The normalized spacial score (nSPS) is 10.7. The molecule has 29 heavy (non-hydrogen) atoms. The van der Waals surface area contributed by atoms with E-state index < -0.39 is 0 Å². The van der Waals surface area contributed by atoms with E-state index in [0.29, 0.717) is 16.9 Å². The summed E-state index contributed by atoms with van der Waals surface area (Å²) < 4.78 is 18.2. The highest BCUT2D eigenvalue weighted by molar-refractivity contribution is 7.13. The van der Waals surface area contributed by atoms with Crippen molar-refractivity contribution >= 4 is 39.1 Å². The Hall–Kier alpha value is -3.58. The Morgan fingerprint density at radius 1 is 0.897 bits per heavy atom. The Labute approximate surface area is 170 Å². The van der Waals surface area contributed by atoms with Gasteiger partial charge in [-0.3, -0.25) is 9.59 Å². The van der Waals surface area contributed by atoms with Crippen molar-refractivity contribution in [3.8, 4) is 0 Å². The van der Waals surface area contributed by atoms with Crippen LogP contribution in [0.2, 0.25) is 0 Å². The number of carbonyl (C=O) groups excluding carboxylic acids is 2. The maximum Gasteiger partial charge on any atom is 0.276 e. The molecule has 0 saturated heterocycles. The number of anilines is 1. The van der Waals surface area contributed by atoms with Crippen molar-refractivity contribution in [3.63, 3.8) is 0 Å². The molecule has 0 aliphatic heterocycles. The quantitative estimate of drug-likeness (QED) is 0.509.